The third kappa shape index (κ3) is 2.85. The van der Waals surface area contributed by atoms with Crippen LogP contribution >= 0.6 is 11.3 Å². The van der Waals surface area contributed by atoms with Gasteiger partial charge in [-0.3, -0.25) is 9.89 Å². The lowest BCUT2D eigenvalue weighted by atomic mass is 10.0. The standard InChI is InChI=1S/C14H20N4OS/c1-4-9-11(15)13(18-17-9)14(19)16-12(8(2)3)10-6-5-7-20-10/h5-8,12H,4,15H2,1-3H3,(H,16,19)(H,17,18). The zero-order chi connectivity index (χ0) is 14.7. The summed E-state index contributed by atoms with van der Waals surface area (Å²) in [5, 5.41) is 11.9. The maximum Gasteiger partial charge on any atom is 0.274 e. The predicted molar refractivity (Wildman–Crippen MR) is 81.7 cm³/mol. The molecule has 6 heteroatoms. The first-order chi connectivity index (χ1) is 9.54. The molecule has 20 heavy (non-hydrogen) atoms. The van der Waals surface area contributed by atoms with E-state index in [0.29, 0.717) is 11.6 Å². The molecule has 4 N–H and O–H groups in total. The van der Waals surface area contributed by atoms with Crippen LogP contribution < -0.4 is 11.1 Å². The molecule has 0 aliphatic heterocycles. The summed E-state index contributed by atoms with van der Waals surface area (Å²) < 4.78 is 0. The Labute approximate surface area is 122 Å². The number of amides is 1. The number of thiophene rings is 1. The average Bonchev–Trinajstić information content (AvgIpc) is 3.04. The minimum absolute atomic E-state index is 0.0244. The lowest BCUT2D eigenvalue weighted by Gasteiger charge is -2.20. The summed E-state index contributed by atoms with van der Waals surface area (Å²) >= 11 is 1.64. The van der Waals surface area contributed by atoms with E-state index >= 15 is 0 Å². The fourth-order valence-corrected chi connectivity index (χ4v) is 3.02. The zero-order valence-corrected chi connectivity index (χ0v) is 12.8. The molecule has 108 valence electrons. The van der Waals surface area contributed by atoms with Gasteiger partial charge in [0.1, 0.15) is 0 Å². The Hall–Kier alpha value is -1.82. The van der Waals surface area contributed by atoms with Crippen molar-refractivity contribution in [2.24, 2.45) is 5.92 Å². The molecule has 1 atom stereocenters. The number of nitrogens with zero attached hydrogens (tertiary/aromatic N) is 1. The van der Waals surface area contributed by atoms with Gasteiger partial charge in [0, 0.05) is 4.88 Å². The Morgan fingerprint density at radius 1 is 1.55 bits per heavy atom. The highest BCUT2D eigenvalue weighted by Crippen LogP contribution is 2.26. The van der Waals surface area contributed by atoms with Gasteiger partial charge in [-0.05, 0) is 23.8 Å². The summed E-state index contributed by atoms with van der Waals surface area (Å²) in [5.41, 5.74) is 7.46. The monoisotopic (exact) mass is 292 g/mol. The molecule has 0 aromatic carbocycles. The van der Waals surface area contributed by atoms with Crippen molar-refractivity contribution in [1.82, 2.24) is 15.5 Å². The number of nitrogens with one attached hydrogen (secondary N) is 2. The first-order valence-corrected chi connectivity index (χ1v) is 7.59. The van der Waals surface area contributed by atoms with Crippen molar-refractivity contribution in [3.05, 3.63) is 33.8 Å². The van der Waals surface area contributed by atoms with Gasteiger partial charge < -0.3 is 11.1 Å². The van der Waals surface area contributed by atoms with Crippen LogP contribution in [0.1, 0.15) is 47.9 Å². The predicted octanol–water partition coefficient (Wildman–Crippen LogP) is 2.74. The van der Waals surface area contributed by atoms with Crippen molar-refractivity contribution in [3.63, 3.8) is 0 Å². The second kappa shape index (κ2) is 6.09. The molecule has 2 heterocycles. The molecule has 2 aromatic heterocycles. The number of hydrogen-bond donors (Lipinski definition) is 3. The third-order valence-electron chi connectivity index (χ3n) is 3.25. The summed E-state index contributed by atoms with van der Waals surface area (Å²) in [4.78, 5) is 13.5. The quantitative estimate of drug-likeness (QED) is 0.792. The second-order valence-electron chi connectivity index (χ2n) is 5.03. The molecule has 0 fully saturated rings. The highest BCUT2D eigenvalue weighted by Gasteiger charge is 2.23. The lowest BCUT2D eigenvalue weighted by molar-refractivity contribution is 0.0922. The van der Waals surface area contributed by atoms with E-state index in [2.05, 4.69) is 29.4 Å². The van der Waals surface area contributed by atoms with Gasteiger partial charge in [0.2, 0.25) is 0 Å². The van der Waals surface area contributed by atoms with Crippen molar-refractivity contribution in [1.29, 1.82) is 0 Å². The van der Waals surface area contributed by atoms with Crippen LogP contribution in [0, 0.1) is 5.92 Å². The average molecular weight is 292 g/mol. The van der Waals surface area contributed by atoms with Crippen molar-refractivity contribution in [2.75, 3.05) is 5.73 Å². The van der Waals surface area contributed by atoms with Gasteiger partial charge >= 0.3 is 0 Å². The highest BCUT2D eigenvalue weighted by atomic mass is 32.1. The molecule has 5 nitrogen and oxygen atoms in total. The molecule has 1 unspecified atom stereocenters. The molecule has 1 amide bonds. The molecule has 2 aromatic rings. The molecule has 0 saturated carbocycles. The molecular weight excluding hydrogens is 272 g/mol. The van der Waals surface area contributed by atoms with E-state index in [-0.39, 0.29) is 17.6 Å². The molecule has 0 spiro atoms. The van der Waals surface area contributed by atoms with E-state index in [4.69, 9.17) is 5.73 Å². The molecule has 0 aliphatic carbocycles. The number of nitrogens with two attached hydrogens (primary N) is 1. The molecule has 2 rings (SSSR count). The van der Waals surface area contributed by atoms with Crippen LogP contribution in [0.25, 0.3) is 0 Å². The maximum atomic E-state index is 12.3. The lowest BCUT2D eigenvalue weighted by Crippen LogP contribution is -2.32. The van der Waals surface area contributed by atoms with Gasteiger partial charge in [-0.25, -0.2) is 0 Å². The molecule has 0 bridgehead atoms. The first kappa shape index (κ1) is 14.6. The first-order valence-electron chi connectivity index (χ1n) is 6.71. The molecule has 0 aliphatic rings. The number of H-pyrrole nitrogens is 1. The fraction of sp³-hybridized carbons (Fsp3) is 0.429. The third-order valence-corrected chi connectivity index (χ3v) is 4.21. The minimum atomic E-state index is -0.231. The Morgan fingerprint density at radius 2 is 2.30 bits per heavy atom. The Bertz CT molecular complexity index is 574. The topological polar surface area (TPSA) is 83.8 Å². The smallest absolute Gasteiger partial charge is 0.274 e. The van der Waals surface area contributed by atoms with Gasteiger partial charge in [-0.2, -0.15) is 5.10 Å². The molecular formula is C14H20N4OS. The minimum Gasteiger partial charge on any atom is -0.395 e. The van der Waals surface area contributed by atoms with E-state index in [1.54, 1.807) is 11.3 Å². The zero-order valence-electron chi connectivity index (χ0n) is 11.9. The van der Waals surface area contributed by atoms with Gasteiger partial charge in [0.15, 0.2) is 5.69 Å². The Kier molecular flexibility index (Phi) is 4.44. The maximum absolute atomic E-state index is 12.3. The van der Waals surface area contributed by atoms with Gasteiger partial charge in [0.25, 0.3) is 5.91 Å². The second-order valence-corrected chi connectivity index (χ2v) is 6.01. The Balaban J connectivity index is 2.18. The van der Waals surface area contributed by atoms with Crippen molar-refractivity contribution < 1.29 is 4.79 Å². The van der Waals surface area contributed by atoms with Crippen LogP contribution in [0.3, 0.4) is 0 Å². The number of hydrogen-bond acceptors (Lipinski definition) is 4. The van der Waals surface area contributed by atoms with Crippen molar-refractivity contribution in [3.8, 4) is 0 Å². The normalized spacial score (nSPS) is 12.6. The Morgan fingerprint density at radius 3 is 2.80 bits per heavy atom. The van der Waals surface area contributed by atoms with Crippen LogP contribution in [0.4, 0.5) is 5.69 Å². The van der Waals surface area contributed by atoms with Crippen LogP contribution in [-0.2, 0) is 6.42 Å². The summed E-state index contributed by atoms with van der Waals surface area (Å²) in [5.74, 6) is 0.0639. The summed E-state index contributed by atoms with van der Waals surface area (Å²) in [7, 11) is 0. The number of nitrogen functional groups attached to an aromatic ring is 1. The summed E-state index contributed by atoms with van der Waals surface area (Å²) in [6, 6.07) is 3.99. The largest absolute Gasteiger partial charge is 0.395 e. The number of carbonyl (C=O) groups is 1. The van der Waals surface area contributed by atoms with Crippen LogP contribution in [-0.4, -0.2) is 16.1 Å². The van der Waals surface area contributed by atoms with Gasteiger partial charge in [-0.15, -0.1) is 11.3 Å². The highest BCUT2D eigenvalue weighted by molar-refractivity contribution is 7.10. The number of carbonyl (C=O) groups excluding carboxylic acids is 1. The van der Waals surface area contributed by atoms with Gasteiger partial charge in [0.05, 0.1) is 17.4 Å². The van der Waals surface area contributed by atoms with Crippen LogP contribution in [0.5, 0.6) is 0 Å². The number of rotatable bonds is 5. The number of aromatic nitrogens is 2. The van der Waals surface area contributed by atoms with Crippen molar-refractivity contribution >= 4 is 22.9 Å². The van der Waals surface area contributed by atoms with Crippen molar-refractivity contribution in [2.45, 2.75) is 33.2 Å². The van der Waals surface area contributed by atoms with E-state index in [1.807, 2.05) is 24.4 Å². The van der Waals surface area contributed by atoms with E-state index in [1.165, 1.54) is 0 Å². The molecule has 0 radical (unpaired) electrons. The van der Waals surface area contributed by atoms with E-state index < -0.39 is 0 Å². The van der Waals surface area contributed by atoms with E-state index in [0.717, 1.165) is 17.0 Å². The molecule has 0 saturated heterocycles. The summed E-state index contributed by atoms with van der Waals surface area (Å²) in [6.07, 6.45) is 0.727. The number of aromatic amines is 1. The number of anilines is 1. The van der Waals surface area contributed by atoms with Crippen LogP contribution in [0.2, 0.25) is 0 Å². The summed E-state index contributed by atoms with van der Waals surface area (Å²) in [6.45, 7) is 6.13. The van der Waals surface area contributed by atoms with Gasteiger partial charge in [-0.1, -0.05) is 26.8 Å². The van der Waals surface area contributed by atoms with Crippen LogP contribution in [0.15, 0.2) is 17.5 Å². The number of aryl methyl sites for hydroxylation is 1. The SMILES string of the molecule is CCc1[nH]nc(C(=O)NC(c2cccs2)C(C)C)c1N. The fourth-order valence-electron chi connectivity index (χ4n) is 2.07. The van der Waals surface area contributed by atoms with E-state index in [9.17, 15) is 4.79 Å².